The highest BCUT2D eigenvalue weighted by Crippen LogP contribution is 2.24. The topological polar surface area (TPSA) is 14.2 Å². The number of thiazole rings is 1. The number of hydrogen-bond acceptors (Lipinski definition) is 3. The van der Waals surface area contributed by atoms with Crippen LogP contribution in [-0.4, -0.2) is 11.3 Å². The van der Waals surface area contributed by atoms with Crippen molar-refractivity contribution in [3.63, 3.8) is 0 Å². The van der Waals surface area contributed by atoms with Crippen LogP contribution in [0, 0.1) is 3.95 Å². The molecular weight excluding hydrogens is 286 g/mol. The van der Waals surface area contributed by atoms with Crippen molar-refractivity contribution in [3.05, 3.63) is 50.8 Å². The summed E-state index contributed by atoms with van der Waals surface area (Å²) in [6, 6.07) is 7.58. The highest BCUT2D eigenvalue weighted by Gasteiger charge is 2.08. The summed E-state index contributed by atoms with van der Waals surface area (Å²) >= 11 is 12.6. The smallest absolute Gasteiger partial charge is 0.197 e. The van der Waals surface area contributed by atoms with Gasteiger partial charge in [0.1, 0.15) is 6.61 Å². The van der Waals surface area contributed by atoms with Crippen molar-refractivity contribution in [2.45, 2.75) is 6.92 Å². The molecule has 0 aliphatic carbocycles. The van der Waals surface area contributed by atoms with Gasteiger partial charge in [0.25, 0.3) is 0 Å². The van der Waals surface area contributed by atoms with Crippen LogP contribution in [0.2, 0.25) is 5.02 Å². The maximum absolute atomic E-state index is 5.88. The van der Waals surface area contributed by atoms with Gasteiger partial charge in [0.2, 0.25) is 0 Å². The van der Waals surface area contributed by atoms with Crippen LogP contribution in [0.3, 0.4) is 0 Å². The average molecular weight is 298 g/mol. The van der Waals surface area contributed by atoms with E-state index >= 15 is 0 Å². The molecule has 0 atom stereocenters. The molecule has 2 nitrogen and oxygen atoms in total. The van der Waals surface area contributed by atoms with E-state index in [1.54, 1.807) is 4.73 Å². The Morgan fingerprint density at radius 3 is 2.72 bits per heavy atom. The van der Waals surface area contributed by atoms with Gasteiger partial charge < -0.3 is 4.84 Å². The van der Waals surface area contributed by atoms with Crippen molar-refractivity contribution in [2.24, 2.45) is 0 Å². The highest BCUT2D eigenvalue weighted by atomic mass is 35.5. The summed E-state index contributed by atoms with van der Waals surface area (Å²) in [6.07, 6.45) is 0. The van der Waals surface area contributed by atoms with Gasteiger partial charge in [-0.1, -0.05) is 30.3 Å². The van der Waals surface area contributed by atoms with Crippen LogP contribution in [0.15, 0.2) is 41.8 Å². The summed E-state index contributed by atoms with van der Waals surface area (Å²) in [7, 11) is 0. The molecule has 2 aromatic rings. The Hall–Kier alpha value is -1.10. The number of nitrogens with zero attached hydrogens (tertiary/aromatic N) is 1. The van der Waals surface area contributed by atoms with Crippen LogP contribution in [0.1, 0.15) is 6.92 Å². The molecule has 0 spiro atoms. The first-order valence-electron chi connectivity index (χ1n) is 5.32. The van der Waals surface area contributed by atoms with Gasteiger partial charge in [0.05, 0.1) is 5.69 Å². The summed E-state index contributed by atoms with van der Waals surface area (Å²) in [5, 5.41) is 2.69. The van der Waals surface area contributed by atoms with Crippen molar-refractivity contribution in [1.82, 2.24) is 4.73 Å². The number of rotatable bonds is 4. The lowest BCUT2D eigenvalue weighted by Gasteiger charge is -2.10. The molecule has 0 N–H and O–H groups in total. The van der Waals surface area contributed by atoms with E-state index in [1.165, 1.54) is 11.3 Å². The van der Waals surface area contributed by atoms with Gasteiger partial charge in [0.15, 0.2) is 3.95 Å². The molecular formula is C13H12ClNOS2. The minimum absolute atomic E-state index is 0.450. The van der Waals surface area contributed by atoms with E-state index in [4.69, 9.17) is 28.7 Å². The fourth-order valence-electron chi connectivity index (χ4n) is 1.40. The second kappa shape index (κ2) is 5.69. The van der Waals surface area contributed by atoms with Crippen molar-refractivity contribution < 1.29 is 4.84 Å². The summed E-state index contributed by atoms with van der Waals surface area (Å²) in [5.41, 5.74) is 2.90. The number of aromatic nitrogens is 1. The molecule has 18 heavy (non-hydrogen) atoms. The molecule has 0 amide bonds. The Morgan fingerprint density at radius 2 is 2.11 bits per heavy atom. The predicted molar refractivity (Wildman–Crippen MR) is 79.9 cm³/mol. The summed E-state index contributed by atoms with van der Waals surface area (Å²) < 4.78 is 2.35. The van der Waals surface area contributed by atoms with E-state index in [0.29, 0.717) is 15.6 Å². The summed E-state index contributed by atoms with van der Waals surface area (Å²) in [6.45, 7) is 6.18. The lowest BCUT2D eigenvalue weighted by molar-refractivity contribution is 0.132. The second-order valence-corrected chi connectivity index (χ2v) is 5.86. The van der Waals surface area contributed by atoms with Gasteiger partial charge >= 0.3 is 0 Å². The third-order valence-corrected chi connectivity index (χ3v) is 3.65. The molecule has 0 radical (unpaired) electrons. The fourth-order valence-corrected chi connectivity index (χ4v) is 2.52. The van der Waals surface area contributed by atoms with Gasteiger partial charge in [0, 0.05) is 16.0 Å². The number of halogens is 1. The normalized spacial score (nSPS) is 10.3. The minimum Gasteiger partial charge on any atom is -0.407 e. The van der Waals surface area contributed by atoms with Gasteiger partial charge in [-0.25, -0.2) is 0 Å². The molecule has 1 heterocycles. The zero-order chi connectivity index (χ0) is 13.1. The Bertz CT molecular complexity index is 613. The SMILES string of the molecule is C=C(C)COn1c(-c2ccc(Cl)cc2)csc1=S. The Labute approximate surface area is 120 Å². The summed E-state index contributed by atoms with van der Waals surface area (Å²) in [5.74, 6) is 0. The van der Waals surface area contributed by atoms with E-state index in [2.05, 4.69) is 6.58 Å². The molecule has 2 rings (SSSR count). The van der Waals surface area contributed by atoms with Crippen LogP contribution >= 0.6 is 35.2 Å². The fraction of sp³-hybridized carbons (Fsp3) is 0.154. The molecule has 0 aliphatic heterocycles. The van der Waals surface area contributed by atoms with Crippen molar-refractivity contribution >= 4 is 35.2 Å². The third-order valence-electron chi connectivity index (χ3n) is 2.24. The van der Waals surface area contributed by atoms with Gasteiger partial charge in [-0.2, -0.15) is 4.73 Å². The number of hydrogen-bond donors (Lipinski definition) is 0. The molecule has 0 fully saturated rings. The van der Waals surface area contributed by atoms with Crippen LogP contribution in [0.5, 0.6) is 0 Å². The third kappa shape index (κ3) is 3.02. The largest absolute Gasteiger partial charge is 0.407 e. The Kier molecular flexibility index (Phi) is 4.22. The van der Waals surface area contributed by atoms with E-state index in [9.17, 15) is 0 Å². The van der Waals surface area contributed by atoms with Crippen molar-refractivity contribution in [3.8, 4) is 11.3 Å². The Balaban J connectivity index is 2.36. The molecule has 0 saturated heterocycles. The monoisotopic (exact) mass is 297 g/mol. The van der Waals surface area contributed by atoms with Crippen LogP contribution in [0.25, 0.3) is 11.3 Å². The first-order valence-corrected chi connectivity index (χ1v) is 6.98. The van der Waals surface area contributed by atoms with Crippen molar-refractivity contribution in [1.29, 1.82) is 0 Å². The molecule has 0 unspecified atom stereocenters. The Morgan fingerprint density at radius 1 is 1.44 bits per heavy atom. The quantitative estimate of drug-likeness (QED) is 0.604. The van der Waals surface area contributed by atoms with Gasteiger partial charge in [-0.3, -0.25) is 0 Å². The predicted octanol–water partition coefficient (Wildman–Crippen LogP) is 4.60. The van der Waals surface area contributed by atoms with Crippen LogP contribution in [-0.2, 0) is 0 Å². The molecule has 1 aromatic carbocycles. The highest BCUT2D eigenvalue weighted by molar-refractivity contribution is 7.73. The van der Waals surface area contributed by atoms with Crippen molar-refractivity contribution in [2.75, 3.05) is 6.61 Å². The minimum atomic E-state index is 0.450. The molecule has 0 saturated carbocycles. The summed E-state index contributed by atoms with van der Waals surface area (Å²) in [4.78, 5) is 5.64. The molecule has 0 bridgehead atoms. The first-order chi connectivity index (χ1) is 8.58. The number of benzene rings is 1. The van der Waals surface area contributed by atoms with E-state index in [1.807, 2.05) is 36.6 Å². The first kappa shape index (κ1) is 13.3. The second-order valence-electron chi connectivity index (χ2n) is 3.92. The zero-order valence-corrected chi connectivity index (χ0v) is 12.2. The standard InChI is InChI=1S/C13H12ClNOS2/c1-9(2)7-16-15-12(8-18-13(15)17)10-3-5-11(14)6-4-10/h3-6,8H,1,7H2,2H3. The molecule has 0 aliphatic rings. The van der Waals surface area contributed by atoms with E-state index in [-0.39, 0.29) is 0 Å². The van der Waals surface area contributed by atoms with Crippen LogP contribution in [0.4, 0.5) is 0 Å². The maximum Gasteiger partial charge on any atom is 0.197 e. The molecule has 5 heteroatoms. The maximum atomic E-state index is 5.88. The molecule has 94 valence electrons. The molecule has 1 aromatic heterocycles. The van der Waals surface area contributed by atoms with E-state index in [0.717, 1.165) is 16.8 Å². The van der Waals surface area contributed by atoms with E-state index < -0.39 is 0 Å². The lowest BCUT2D eigenvalue weighted by atomic mass is 10.2. The average Bonchev–Trinajstić information content (AvgIpc) is 2.69. The lowest BCUT2D eigenvalue weighted by Crippen LogP contribution is -2.14. The van der Waals surface area contributed by atoms with Crippen LogP contribution < -0.4 is 4.84 Å². The van der Waals surface area contributed by atoms with Gasteiger partial charge in [-0.05, 0) is 36.8 Å². The zero-order valence-electron chi connectivity index (χ0n) is 9.85. The van der Waals surface area contributed by atoms with Gasteiger partial charge in [-0.15, -0.1) is 11.3 Å².